The Morgan fingerprint density at radius 1 is 1.19 bits per heavy atom. The average Bonchev–Trinajstić information content (AvgIpc) is 2.28. The SMILES string of the molecule is CC.CC.Cc1c[c-]c(NC=O)cc1.[CH3-].[Y]. The topological polar surface area (TPSA) is 29.1 Å². The fourth-order valence-corrected chi connectivity index (χ4v) is 0.656. The van der Waals surface area contributed by atoms with Gasteiger partial charge in [0, 0.05) is 32.7 Å². The van der Waals surface area contributed by atoms with Crippen molar-refractivity contribution in [3.05, 3.63) is 37.3 Å². The molecule has 0 unspecified atom stereocenters. The molecule has 0 aromatic heterocycles. The van der Waals surface area contributed by atoms with Crippen LogP contribution >= 0.6 is 0 Å². The van der Waals surface area contributed by atoms with E-state index in [1.807, 2.05) is 52.8 Å². The van der Waals surface area contributed by atoms with E-state index in [2.05, 4.69) is 11.4 Å². The van der Waals surface area contributed by atoms with E-state index >= 15 is 0 Å². The summed E-state index contributed by atoms with van der Waals surface area (Å²) in [4.78, 5) is 9.93. The van der Waals surface area contributed by atoms with E-state index in [4.69, 9.17) is 0 Å². The fraction of sp³-hybridized carbons (Fsp3) is 0.385. The minimum atomic E-state index is 0. The Morgan fingerprint density at radius 3 is 2.00 bits per heavy atom. The van der Waals surface area contributed by atoms with Crippen molar-refractivity contribution in [3.8, 4) is 0 Å². The first kappa shape index (κ1) is 24.9. The maximum atomic E-state index is 9.93. The Bertz CT molecular complexity index is 222. The summed E-state index contributed by atoms with van der Waals surface area (Å²) in [7, 11) is 0. The zero-order chi connectivity index (χ0) is 11.4. The van der Waals surface area contributed by atoms with Crippen molar-refractivity contribution in [2.24, 2.45) is 0 Å². The van der Waals surface area contributed by atoms with Gasteiger partial charge in [0.1, 0.15) is 0 Å². The molecule has 1 amide bonds. The third-order valence-electron chi connectivity index (χ3n) is 1.18. The predicted molar refractivity (Wildman–Crippen MR) is 68.8 cm³/mol. The van der Waals surface area contributed by atoms with Gasteiger partial charge in [0.05, 0.1) is 0 Å². The van der Waals surface area contributed by atoms with Gasteiger partial charge in [-0.05, 0) is 0 Å². The van der Waals surface area contributed by atoms with E-state index in [0.29, 0.717) is 12.1 Å². The van der Waals surface area contributed by atoms with Gasteiger partial charge in [0.15, 0.2) is 0 Å². The molecule has 3 heteroatoms. The summed E-state index contributed by atoms with van der Waals surface area (Å²) >= 11 is 0. The predicted octanol–water partition coefficient (Wildman–Crippen LogP) is 3.86. The van der Waals surface area contributed by atoms with Crippen LogP contribution < -0.4 is 5.32 Å². The molecule has 0 saturated carbocycles. The summed E-state index contributed by atoms with van der Waals surface area (Å²) in [5.41, 5.74) is 1.84. The van der Waals surface area contributed by atoms with Gasteiger partial charge in [-0.3, -0.25) is 4.79 Å². The van der Waals surface area contributed by atoms with Gasteiger partial charge >= 0.3 is 0 Å². The number of aryl methyl sites for hydroxylation is 1. The number of hydrogen-bond acceptors (Lipinski definition) is 1. The van der Waals surface area contributed by atoms with E-state index in [-0.39, 0.29) is 40.1 Å². The first-order chi connectivity index (χ1) is 6.83. The fourth-order valence-electron chi connectivity index (χ4n) is 0.656. The van der Waals surface area contributed by atoms with Crippen molar-refractivity contribution in [1.29, 1.82) is 0 Å². The largest absolute Gasteiger partial charge is 0.358 e. The number of anilines is 1. The Balaban J connectivity index is -0.000000109. The van der Waals surface area contributed by atoms with Crippen LogP contribution in [0.25, 0.3) is 0 Å². The summed E-state index contributed by atoms with van der Waals surface area (Å²) in [5, 5.41) is 2.50. The summed E-state index contributed by atoms with van der Waals surface area (Å²) in [6.07, 6.45) is 0.640. The summed E-state index contributed by atoms with van der Waals surface area (Å²) in [5.74, 6) is 0. The molecule has 1 aromatic rings. The first-order valence-corrected chi connectivity index (χ1v) is 5.01. The number of nitrogens with one attached hydrogen (secondary N) is 1. The number of carbonyl (C=O) groups is 1. The van der Waals surface area contributed by atoms with E-state index < -0.39 is 0 Å². The minimum Gasteiger partial charge on any atom is -0.358 e. The van der Waals surface area contributed by atoms with Gasteiger partial charge < -0.3 is 12.7 Å². The minimum absolute atomic E-state index is 0. The zero-order valence-electron chi connectivity index (χ0n) is 11.3. The van der Waals surface area contributed by atoms with E-state index in [1.165, 1.54) is 0 Å². The summed E-state index contributed by atoms with van der Waals surface area (Å²) in [6, 6.07) is 8.45. The van der Waals surface area contributed by atoms with Gasteiger partial charge in [-0.25, -0.2) is 0 Å². The van der Waals surface area contributed by atoms with Gasteiger partial charge in [0.25, 0.3) is 0 Å². The van der Waals surface area contributed by atoms with Crippen LogP contribution in [-0.4, -0.2) is 6.41 Å². The molecule has 0 heterocycles. The standard InChI is InChI=1S/C8H8NO.2C2H6.CH3.Y/c1-7-2-4-8(5-3-7)9-6-10;2*1-2;;/h2-4,6H,1H3,(H,9,10);2*1-2H3;1H3;/q-1;;;-1;. The van der Waals surface area contributed by atoms with Crippen LogP contribution in [0.1, 0.15) is 33.3 Å². The molecule has 0 saturated heterocycles. The molecular formula is C13H23NOY-2. The molecule has 0 aliphatic heterocycles. The van der Waals surface area contributed by atoms with E-state index in [0.717, 1.165) is 5.56 Å². The average molecular weight is 298 g/mol. The van der Waals surface area contributed by atoms with Crippen LogP contribution in [0.3, 0.4) is 0 Å². The molecule has 91 valence electrons. The third kappa shape index (κ3) is 13.8. The smallest absolute Gasteiger partial charge is 0.209 e. The van der Waals surface area contributed by atoms with E-state index in [9.17, 15) is 4.79 Å². The number of benzene rings is 1. The summed E-state index contributed by atoms with van der Waals surface area (Å²) < 4.78 is 0. The Labute approximate surface area is 126 Å². The first-order valence-electron chi connectivity index (χ1n) is 5.01. The van der Waals surface area contributed by atoms with Gasteiger partial charge in [0.2, 0.25) is 6.41 Å². The maximum Gasteiger partial charge on any atom is 0.209 e. The second-order valence-electron chi connectivity index (χ2n) is 2.04. The number of carbonyl (C=O) groups excluding carboxylic acids is 1. The molecule has 0 spiro atoms. The normalized spacial score (nSPS) is 6.31. The van der Waals surface area contributed by atoms with Gasteiger partial charge in [-0.15, -0.1) is 6.07 Å². The quantitative estimate of drug-likeness (QED) is 0.652. The Kier molecular flexibility index (Phi) is 31.4. The molecule has 1 aromatic carbocycles. The van der Waals surface area contributed by atoms with Crippen molar-refractivity contribution in [2.45, 2.75) is 34.6 Å². The second-order valence-corrected chi connectivity index (χ2v) is 2.04. The van der Waals surface area contributed by atoms with Crippen LogP contribution in [0, 0.1) is 20.4 Å². The molecule has 0 bridgehead atoms. The Hall–Kier alpha value is -0.206. The van der Waals surface area contributed by atoms with Crippen molar-refractivity contribution >= 4 is 12.1 Å². The molecule has 1 rings (SSSR count). The molecular weight excluding hydrogens is 275 g/mol. The van der Waals surface area contributed by atoms with Crippen LogP contribution in [0.15, 0.2) is 18.2 Å². The zero-order valence-corrected chi connectivity index (χ0v) is 14.1. The number of amides is 1. The van der Waals surface area contributed by atoms with Crippen molar-refractivity contribution in [1.82, 2.24) is 0 Å². The van der Waals surface area contributed by atoms with E-state index in [1.54, 1.807) is 0 Å². The van der Waals surface area contributed by atoms with Crippen molar-refractivity contribution in [2.75, 3.05) is 5.32 Å². The summed E-state index contributed by atoms with van der Waals surface area (Å²) in [6.45, 7) is 9.97. The van der Waals surface area contributed by atoms with Crippen molar-refractivity contribution < 1.29 is 37.5 Å². The molecule has 0 fully saturated rings. The monoisotopic (exact) mass is 298 g/mol. The van der Waals surface area contributed by atoms with Crippen LogP contribution in [0.5, 0.6) is 0 Å². The van der Waals surface area contributed by atoms with Gasteiger partial charge in [-0.1, -0.05) is 40.3 Å². The molecule has 0 aliphatic carbocycles. The molecule has 1 radical (unpaired) electrons. The second kappa shape index (κ2) is 20.2. The molecule has 0 aliphatic rings. The molecule has 16 heavy (non-hydrogen) atoms. The molecule has 1 N–H and O–H groups in total. The van der Waals surface area contributed by atoms with Gasteiger partial charge in [-0.2, -0.15) is 23.8 Å². The van der Waals surface area contributed by atoms with Crippen LogP contribution in [0.4, 0.5) is 5.69 Å². The van der Waals surface area contributed by atoms with Crippen LogP contribution in [-0.2, 0) is 37.5 Å². The third-order valence-corrected chi connectivity index (χ3v) is 1.18. The molecule has 0 atom stereocenters. The molecule has 2 nitrogen and oxygen atoms in total. The maximum absolute atomic E-state index is 9.93. The Morgan fingerprint density at radius 2 is 1.69 bits per heavy atom. The number of rotatable bonds is 2. The number of hydrogen-bond donors (Lipinski definition) is 1. The van der Waals surface area contributed by atoms with Crippen molar-refractivity contribution in [3.63, 3.8) is 0 Å². The van der Waals surface area contributed by atoms with Crippen LogP contribution in [0.2, 0.25) is 0 Å².